The predicted molar refractivity (Wildman–Crippen MR) is 71.8 cm³/mol. The van der Waals surface area contributed by atoms with Crippen LogP contribution >= 0.6 is 0 Å². The third kappa shape index (κ3) is 4.19. The molecule has 0 radical (unpaired) electrons. The molecule has 1 aromatic rings. The van der Waals surface area contributed by atoms with E-state index in [1.54, 1.807) is 6.92 Å². The molecule has 1 atom stereocenters. The third-order valence-electron chi connectivity index (χ3n) is 3.10. The zero-order valence-corrected chi connectivity index (χ0v) is 11.6. The Balaban J connectivity index is 2.62. The number of carbonyl (C=O) groups excluding carboxylic acids is 1. The van der Waals surface area contributed by atoms with E-state index in [0.29, 0.717) is 0 Å². The van der Waals surface area contributed by atoms with Crippen LogP contribution in [0.3, 0.4) is 0 Å². The molecule has 0 aliphatic rings. The maximum absolute atomic E-state index is 13.0. The third-order valence-corrected chi connectivity index (χ3v) is 3.10. The second-order valence-corrected chi connectivity index (χ2v) is 5.03. The van der Waals surface area contributed by atoms with Crippen LogP contribution in [-0.2, 0) is 4.79 Å². The zero-order chi connectivity index (χ0) is 15.3. The van der Waals surface area contributed by atoms with Gasteiger partial charge in [0.1, 0.15) is 17.2 Å². The summed E-state index contributed by atoms with van der Waals surface area (Å²) in [6.07, 6.45) is 0. The highest BCUT2D eigenvalue weighted by Crippen LogP contribution is 2.15. The van der Waals surface area contributed by atoms with E-state index in [1.807, 2.05) is 19.9 Å². The molecule has 0 spiro atoms. The molecule has 0 bridgehead atoms. The minimum absolute atomic E-state index is 0.0666. The number of benzene rings is 1. The number of anilines is 1. The van der Waals surface area contributed by atoms with Crippen LogP contribution in [0, 0.1) is 28.9 Å². The van der Waals surface area contributed by atoms with Gasteiger partial charge < -0.3 is 10.6 Å². The summed E-state index contributed by atoms with van der Waals surface area (Å²) in [7, 11) is 0. The predicted octanol–water partition coefficient (Wildman–Crippen LogP) is 2.43. The van der Waals surface area contributed by atoms with Crippen molar-refractivity contribution < 1.29 is 13.6 Å². The minimum atomic E-state index is -0.980. The second kappa shape index (κ2) is 6.33. The summed E-state index contributed by atoms with van der Waals surface area (Å²) in [5.41, 5.74) is -0.813. The Morgan fingerprint density at radius 3 is 2.35 bits per heavy atom. The molecule has 4 nitrogen and oxygen atoms in total. The van der Waals surface area contributed by atoms with Crippen LogP contribution < -0.4 is 10.6 Å². The van der Waals surface area contributed by atoms with E-state index in [-0.39, 0.29) is 18.2 Å². The monoisotopic (exact) mass is 281 g/mol. The van der Waals surface area contributed by atoms with Gasteiger partial charge in [-0.25, -0.2) is 8.78 Å². The van der Waals surface area contributed by atoms with Gasteiger partial charge in [-0.2, -0.15) is 5.26 Å². The normalized spacial score (nSPS) is 13.4. The van der Waals surface area contributed by atoms with Crippen molar-refractivity contribution in [1.82, 2.24) is 5.32 Å². The molecular weight excluding hydrogens is 264 g/mol. The van der Waals surface area contributed by atoms with E-state index < -0.39 is 23.1 Å². The topological polar surface area (TPSA) is 64.9 Å². The summed E-state index contributed by atoms with van der Waals surface area (Å²) < 4.78 is 25.9. The Bertz CT molecular complexity index is 519. The first-order valence-electron chi connectivity index (χ1n) is 6.19. The number of carbonyl (C=O) groups is 1. The average molecular weight is 281 g/mol. The van der Waals surface area contributed by atoms with Gasteiger partial charge in [0, 0.05) is 11.8 Å². The number of rotatable bonds is 5. The summed E-state index contributed by atoms with van der Waals surface area (Å²) in [6, 6.07) is 4.96. The van der Waals surface area contributed by atoms with E-state index in [2.05, 4.69) is 10.6 Å². The van der Waals surface area contributed by atoms with Gasteiger partial charge >= 0.3 is 0 Å². The number of halogens is 2. The lowest BCUT2D eigenvalue weighted by atomic mass is 9.90. The molecule has 0 saturated carbocycles. The molecule has 6 heteroatoms. The number of amides is 1. The number of hydrogen-bond donors (Lipinski definition) is 2. The Kier molecular flexibility index (Phi) is 5.03. The minimum Gasteiger partial charge on any atom is -0.376 e. The molecule has 1 rings (SSSR count). The van der Waals surface area contributed by atoms with Gasteiger partial charge in [0.15, 0.2) is 0 Å². The second-order valence-electron chi connectivity index (χ2n) is 5.03. The fourth-order valence-electron chi connectivity index (χ4n) is 1.47. The number of nitrogens with zero attached hydrogens (tertiary/aromatic N) is 1. The molecule has 1 unspecified atom stereocenters. The molecule has 0 saturated heterocycles. The van der Waals surface area contributed by atoms with Gasteiger partial charge in [0.25, 0.3) is 0 Å². The highest BCUT2D eigenvalue weighted by atomic mass is 19.1. The average Bonchev–Trinajstić information content (AvgIpc) is 2.35. The molecule has 0 aromatic heterocycles. The van der Waals surface area contributed by atoms with Crippen molar-refractivity contribution in [3.05, 3.63) is 29.8 Å². The molecule has 1 amide bonds. The molecule has 1 aromatic carbocycles. The van der Waals surface area contributed by atoms with Crippen molar-refractivity contribution in [3.63, 3.8) is 0 Å². The fourth-order valence-corrected chi connectivity index (χ4v) is 1.47. The van der Waals surface area contributed by atoms with Crippen molar-refractivity contribution in [2.75, 3.05) is 11.9 Å². The lowest BCUT2D eigenvalue weighted by molar-refractivity contribution is -0.121. The maximum Gasteiger partial charge on any atom is 0.240 e. The smallest absolute Gasteiger partial charge is 0.240 e. The first kappa shape index (κ1) is 15.9. The first-order valence-corrected chi connectivity index (χ1v) is 6.19. The van der Waals surface area contributed by atoms with Gasteiger partial charge in [0.05, 0.1) is 12.6 Å². The van der Waals surface area contributed by atoms with Gasteiger partial charge in [0.2, 0.25) is 5.91 Å². The molecule has 108 valence electrons. The summed E-state index contributed by atoms with van der Waals surface area (Å²) in [6.45, 7) is 5.09. The van der Waals surface area contributed by atoms with E-state index in [9.17, 15) is 13.6 Å². The van der Waals surface area contributed by atoms with Crippen molar-refractivity contribution in [1.29, 1.82) is 5.26 Å². The zero-order valence-electron chi connectivity index (χ0n) is 11.6. The molecule has 0 heterocycles. The van der Waals surface area contributed by atoms with Crippen molar-refractivity contribution >= 4 is 11.6 Å². The Labute approximate surface area is 116 Å². The molecule has 0 fully saturated rings. The van der Waals surface area contributed by atoms with Crippen LogP contribution in [0.5, 0.6) is 0 Å². The summed E-state index contributed by atoms with van der Waals surface area (Å²) in [5.74, 6) is -1.94. The number of nitrogens with one attached hydrogen (secondary N) is 2. The van der Waals surface area contributed by atoms with E-state index in [0.717, 1.165) is 18.2 Å². The molecule has 20 heavy (non-hydrogen) atoms. The van der Waals surface area contributed by atoms with Crippen LogP contribution in [0.2, 0.25) is 0 Å². The van der Waals surface area contributed by atoms with Gasteiger partial charge in [-0.15, -0.1) is 0 Å². The van der Waals surface area contributed by atoms with E-state index in [1.165, 1.54) is 0 Å². The summed E-state index contributed by atoms with van der Waals surface area (Å²) >= 11 is 0. The lowest BCUT2D eigenvalue weighted by Gasteiger charge is -2.27. The molecule has 2 N–H and O–H groups in total. The Morgan fingerprint density at radius 2 is 1.90 bits per heavy atom. The largest absolute Gasteiger partial charge is 0.376 e. The summed E-state index contributed by atoms with van der Waals surface area (Å²) in [5, 5.41) is 14.3. The highest BCUT2D eigenvalue weighted by molar-refractivity contribution is 5.81. The van der Waals surface area contributed by atoms with Crippen molar-refractivity contribution in [2.24, 2.45) is 5.92 Å². The van der Waals surface area contributed by atoms with Crippen LogP contribution in [0.25, 0.3) is 0 Å². The standard InChI is InChI=1S/C14H17F2N3O/c1-9(2)14(3,8-17)19-13(20)7-18-12-5-10(15)4-11(16)6-12/h4-6,9,18H,7H2,1-3H3,(H,19,20). The van der Waals surface area contributed by atoms with Gasteiger partial charge in [-0.1, -0.05) is 13.8 Å². The lowest BCUT2D eigenvalue weighted by Crippen LogP contribution is -2.50. The Morgan fingerprint density at radius 1 is 1.35 bits per heavy atom. The van der Waals surface area contributed by atoms with Crippen LogP contribution in [0.4, 0.5) is 14.5 Å². The maximum atomic E-state index is 13.0. The van der Waals surface area contributed by atoms with Crippen molar-refractivity contribution in [3.8, 4) is 6.07 Å². The number of nitriles is 1. The van der Waals surface area contributed by atoms with Crippen LogP contribution in [-0.4, -0.2) is 18.0 Å². The van der Waals surface area contributed by atoms with E-state index in [4.69, 9.17) is 5.26 Å². The Hall–Kier alpha value is -2.16. The van der Waals surface area contributed by atoms with Crippen LogP contribution in [0.1, 0.15) is 20.8 Å². The van der Waals surface area contributed by atoms with Crippen LogP contribution in [0.15, 0.2) is 18.2 Å². The van der Waals surface area contributed by atoms with Gasteiger partial charge in [-0.05, 0) is 25.0 Å². The molecule has 0 aliphatic carbocycles. The first-order chi connectivity index (χ1) is 9.26. The van der Waals surface area contributed by atoms with E-state index >= 15 is 0 Å². The number of hydrogen-bond acceptors (Lipinski definition) is 3. The highest BCUT2D eigenvalue weighted by Gasteiger charge is 2.29. The SMILES string of the molecule is CC(C)C(C)(C#N)NC(=O)CNc1cc(F)cc(F)c1. The molecular formula is C14H17F2N3O. The quantitative estimate of drug-likeness (QED) is 0.871. The summed E-state index contributed by atoms with van der Waals surface area (Å²) in [4.78, 5) is 11.8. The molecule has 0 aliphatic heterocycles. The van der Waals surface area contributed by atoms with Gasteiger partial charge in [-0.3, -0.25) is 4.79 Å². The van der Waals surface area contributed by atoms with Crippen molar-refractivity contribution in [2.45, 2.75) is 26.3 Å². The fraction of sp³-hybridized carbons (Fsp3) is 0.429.